The van der Waals surface area contributed by atoms with Crippen molar-refractivity contribution in [2.45, 2.75) is 76.5 Å². The molecule has 0 spiro atoms. The lowest BCUT2D eigenvalue weighted by Crippen LogP contribution is -2.57. The fourth-order valence-electron chi connectivity index (χ4n) is 3.13. The number of carbonyl (C=O) groups excluding carboxylic acids is 5. The van der Waals surface area contributed by atoms with Crippen molar-refractivity contribution < 1.29 is 33.9 Å². The lowest BCUT2D eigenvalue weighted by molar-refractivity contribution is -0.143. The fraction of sp³-hybridized carbons (Fsp3) is 0.667. The van der Waals surface area contributed by atoms with Crippen molar-refractivity contribution in [3.8, 4) is 0 Å². The zero-order chi connectivity index (χ0) is 28.7. The first-order chi connectivity index (χ1) is 17.1. The first kappa shape index (κ1) is 33.0. The van der Waals surface area contributed by atoms with Gasteiger partial charge in [0.2, 0.25) is 29.5 Å². The maximum Gasteiger partial charge on any atom is 0.326 e. The third-order valence-electron chi connectivity index (χ3n) is 4.98. The maximum absolute atomic E-state index is 13.0. The Hall–Kier alpha value is -3.95. The average molecular weight is 530 g/mol. The summed E-state index contributed by atoms with van der Waals surface area (Å²) in [5.41, 5.74) is 26.6. The molecule has 16 heteroatoms. The SMILES string of the molecule is CC(C)CC(NC(=O)C(CC(N)=O)NC(=O)C(CCCN=C(N)N)NC(=O)C(N)CCC(N)=O)C(=O)O. The van der Waals surface area contributed by atoms with Gasteiger partial charge in [-0.1, -0.05) is 13.8 Å². The van der Waals surface area contributed by atoms with Gasteiger partial charge in [-0.3, -0.25) is 29.0 Å². The molecule has 0 radical (unpaired) electrons. The molecule has 0 aromatic heterocycles. The van der Waals surface area contributed by atoms with E-state index >= 15 is 0 Å². The minimum atomic E-state index is -1.51. The van der Waals surface area contributed by atoms with E-state index in [1.165, 1.54) is 0 Å². The maximum atomic E-state index is 13.0. The quantitative estimate of drug-likeness (QED) is 0.0472. The Bertz CT molecular complexity index is 859. The summed E-state index contributed by atoms with van der Waals surface area (Å²) in [5.74, 6) is -5.70. The number of rotatable bonds is 18. The zero-order valence-electron chi connectivity index (χ0n) is 21.1. The van der Waals surface area contributed by atoms with E-state index in [2.05, 4.69) is 20.9 Å². The molecule has 0 aliphatic carbocycles. The number of nitrogens with one attached hydrogen (secondary N) is 3. The first-order valence-corrected chi connectivity index (χ1v) is 11.6. The zero-order valence-corrected chi connectivity index (χ0v) is 21.1. The topological polar surface area (TPSA) is 301 Å². The van der Waals surface area contributed by atoms with Crippen LogP contribution in [0.3, 0.4) is 0 Å². The number of carboxylic acid groups (broad SMARTS) is 1. The molecular weight excluding hydrogens is 490 g/mol. The minimum absolute atomic E-state index is 0.00685. The van der Waals surface area contributed by atoms with Crippen molar-refractivity contribution in [3.05, 3.63) is 0 Å². The van der Waals surface area contributed by atoms with E-state index in [-0.39, 0.29) is 50.5 Å². The number of hydrogen-bond acceptors (Lipinski definition) is 8. The number of carboxylic acids is 1. The predicted octanol–water partition coefficient (Wildman–Crippen LogP) is -3.91. The van der Waals surface area contributed by atoms with Crippen molar-refractivity contribution in [2.24, 2.45) is 39.6 Å². The standard InChI is InChI=1S/C21H39N9O7/c1-10(2)8-14(20(36)37)30-19(35)13(9-16(24)32)29-18(34)12(4-3-7-27-21(25)26)28-17(33)11(22)5-6-15(23)31/h10-14H,3-9,22H2,1-2H3,(H2,23,31)(H2,24,32)(H,28,33)(H,29,34)(H,30,35)(H,36,37)(H4,25,26,27). The molecule has 0 aromatic carbocycles. The van der Waals surface area contributed by atoms with Crippen LogP contribution in [0.15, 0.2) is 4.99 Å². The van der Waals surface area contributed by atoms with Crippen LogP contribution < -0.4 is 44.6 Å². The molecule has 0 aliphatic rings. The van der Waals surface area contributed by atoms with Crippen LogP contribution in [0.2, 0.25) is 0 Å². The van der Waals surface area contributed by atoms with Gasteiger partial charge in [-0.25, -0.2) is 4.79 Å². The highest BCUT2D eigenvalue weighted by Crippen LogP contribution is 2.07. The smallest absolute Gasteiger partial charge is 0.326 e. The van der Waals surface area contributed by atoms with E-state index in [0.717, 1.165) is 0 Å². The number of hydrogen-bond donors (Lipinski definition) is 9. The van der Waals surface area contributed by atoms with Crippen molar-refractivity contribution >= 4 is 41.5 Å². The van der Waals surface area contributed by atoms with Crippen molar-refractivity contribution in [1.82, 2.24) is 16.0 Å². The monoisotopic (exact) mass is 529 g/mol. The van der Waals surface area contributed by atoms with E-state index in [1.54, 1.807) is 13.8 Å². The summed E-state index contributed by atoms with van der Waals surface area (Å²) in [6.45, 7) is 3.64. The molecule has 0 fully saturated rings. The normalized spacial score (nSPS) is 13.9. The van der Waals surface area contributed by atoms with Crippen molar-refractivity contribution in [1.29, 1.82) is 0 Å². The van der Waals surface area contributed by atoms with Crippen molar-refractivity contribution in [2.75, 3.05) is 6.54 Å². The number of aliphatic carboxylic acids is 1. The van der Waals surface area contributed by atoms with Gasteiger partial charge in [-0.2, -0.15) is 0 Å². The van der Waals surface area contributed by atoms with Gasteiger partial charge >= 0.3 is 5.97 Å². The molecule has 0 aromatic rings. The largest absolute Gasteiger partial charge is 0.480 e. The third kappa shape index (κ3) is 14.9. The Morgan fingerprint density at radius 3 is 1.81 bits per heavy atom. The number of primary amides is 2. The fourth-order valence-corrected chi connectivity index (χ4v) is 3.13. The Kier molecular flexibility index (Phi) is 14.9. The molecule has 0 saturated carbocycles. The summed E-state index contributed by atoms with van der Waals surface area (Å²) in [6.07, 6.45) is -0.508. The van der Waals surface area contributed by atoms with Crippen LogP contribution in [0.1, 0.15) is 52.4 Å². The second-order valence-electron chi connectivity index (χ2n) is 8.88. The highest BCUT2D eigenvalue weighted by Gasteiger charge is 2.31. The van der Waals surface area contributed by atoms with Crippen LogP contribution in [-0.2, 0) is 28.8 Å². The van der Waals surface area contributed by atoms with Crippen LogP contribution in [0.4, 0.5) is 0 Å². The Morgan fingerprint density at radius 2 is 1.32 bits per heavy atom. The first-order valence-electron chi connectivity index (χ1n) is 11.6. The van der Waals surface area contributed by atoms with Gasteiger partial charge in [0.05, 0.1) is 12.5 Å². The van der Waals surface area contributed by atoms with Gasteiger partial charge in [0.15, 0.2) is 5.96 Å². The van der Waals surface area contributed by atoms with Gasteiger partial charge in [0, 0.05) is 13.0 Å². The van der Waals surface area contributed by atoms with Crippen LogP contribution in [0.5, 0.6) is 0 Å². The Morgan fingerprint density at radius 1 is 0.784 bits per heavy atom. The summed E-state index contributed by atoms with van der Waals surface area (Å²) in [5, 5.41) is 16.4. The lowest BCUT2D eigenvalue weighted by atomic mass is 10.0. The van der Waals surface area contributed by atoms with Gasteiger partial charge in [0.25, 0.3) is 0 Å². The second-order valence-corrected chi connectivity index (χ2v) is 8.88. The molecule has 4 unspecified atom stereocenters. The van der Waals surface area contributed by atoms with Crippen LogP contribution >= 0.6 is 0 Å². The number of nitrogens with two attached hydrogens (primary N) is 5. The van der Waals surface area contributed by atoms with Crippen LogP contribution in [0, 0.1) is 5.92 Å². The van der Waals surface area contributed by atoms with Gasteiger partial charge in [0.1, 0.15) is 18.1 Å². The number of nitrogens with zero attached hydrogens (tertiary/aromatic N) is 1. The molecule has 4 atom stereocenters. The van der Waals surface area contributed by atoms with E-state index in [4.69, 9.17) is 28.7 Å². The summed E-state index contributed by atoms with van der Waals surface area (Å²) in [7, 11) is 0. The molecule has 210 valence electrons. The van der Waals surface area contributed by atoms with Gasteiger partial charge in [-0.15, -0.1) is 0 Å². The van der Waals surface area contributed by atoms with Crippen LogP contribution in [-0.4, -0.2) is 77.3 Å². The summed E-state index contributed by atoms with van der Waals surface area (Å²) in [6, 6.07) is -5.18. The molecule has 5 amide bonds. The molecule has 16 nitrogen and oxygen atoms in total. The molecule has 0 rings (SSSR count). The van der Waals surface area contributed by atoms with E-state index in [0.29, 0.717) is 0 Å². The number of amides is 5. The summed E-state index contributed by atoms with van der Waals surface area (Å²) >= 11 is 0. The lowest BCUT2D eigenvalue weighted by Gasteiger charge is -2.25. The number of aliphatic imine (C=N–C) groups is 1. The molecule has 0 aliphatic heterocycles. The Labute approximate surface area is 214 Å². The molecule has 0 heterocycles. The van der Waals surface area contributed by atoms with E-state index in [1.807, 2.05) is 0 Å². The molecular formula is C21H39N9O7. The summed E-state index contributed by atoms with van der Waals surface area (Å²) in [4.78, 5) is 76.1. The van der Waals surface area contributed by atoms with E-state index < -0.39 is 66.1 Å². The average Bonchev–Trinajstić information content (AvgIpc) is 2.77. The van der Waals surface area contributed by atoms with Crippen molar-refractivity contribution in [3.63, 3.8) is 0 Å². The number of guanidine groups is 1. The van der Waals surface area contributed by atoms with Gasteiger partial charge in [-0.05, 0) is 31.6 Å². The minimum Gasteiger partial charge on any atom is -0.480 e. The highest BCUT2D eigenvalue weighted by molar-refractivity contribution is 5.96. The predicted molar refractivity (Wildman–Crippen MR) is 133 cm³/mol. The third-order valence-corrected chi connectivity index (χ3v) is 4.98. The van der Waals surface area contributed by atoms with E-state index in [9.17, 15) is 33.9 Å². The molecule has 14 N–H and O–H groups in total. The molecule has 0 saturated heterocycles. The highest BCUT2D eigenvalue weighted by atomic mass is 16.4. The van der Waals surface area contributed by atoms with Crippen LogP contribution in [0.25, 0.3) is 0 Å². The molecule has 0 bridgehead atoms. The molecule has 37 heavy (non-hydrogen) atoms. The summed E-state index contributed by atoms with van der Waals surface area (Å²) < 4.78 is 0. The number of carbonyl (C=O) groups is 6. The second kappa shape index (κ2) is 16.7. The Balaban J connectivity index is 5.64. The van der Waals surface area contributed by atoms with Gasteiger partial charge < -0.3 is 49.7 Å².